The Morgan fingerprint density at radius 1 is 0.605 bits per heavy atom. The molecule has 3 heteroatoms. The third kappa shape index (κ3) is 2.88. The largest absolute Gasteiger partial charge is 0.309 e. The molecule has 0 N–H and O–H groups in total. The van der Waals surface area contributed by atoms with Crippen molar-refractivity contribution < 1.29 is 0 Å². The first kappa shape index (κ1) is 22.1. The molecule has 7 rings (SSSR count). The first-order chi connectivity index (χ1) is 18.5. The van der Waals surface area contributed by atoms with E-state index in [1.807, 2.05) is 12.1 Å². The number of benzene rings is 5. The number of aromatic nitrogens is 1. The standard InChI is InChI=1S/C35H23N3/c1-35(2)30-15-5-3-11-25(30)26-18-17-24(19-31(26)35)38-32-16-6-4-12-27(32)28-13-8-14-29(34(28)38)33-22(20-36)9-7-10-23(33)21-37/h3-19H,1-2H3. The fourth-order valence-corrected chi connectivity index (χ4v) is 6.35. The molecule has 0 spiro atoms. The summed E-state index contributed by atoms with van der Waals surface area (Å²) in [5, 5.41) is 22.2. The maximum absolute atomic E-state index is 9.98. The molecule has 1 aliphatic rings. The smallest absolute Gasteiger partial charge is 0.0998 e. The van der Waals surface area contributed by atoms with Crippen LogP contribution in [-0.4, -0.2) is 4.57 Å². The molecule has 3 nitrogen and oxygen atoms in total. The first-order valence-electron chi connectivity index (χ1n) is 12.7. The molecule has 0 bridgehead atoms. The van der Waals surface area contributed by atoms with Crippen molar-refractivity contribution in [1.82, 2.24) is 4.57 Å². The highest BCUT2D eigenvalue weighted by molar-refractivity contribution is 6.14. The second kappa shape index (κ2) is 7.94. The zero-order valence-corrected chi connectivity index (χ0v) is 21.2. The molecule has 1 aliphatic carbocycles. The number of hydrogen-bond donors (Lipinski definition) is 0. The lowest BCUT2D eigenvalue weighted by Crippen LogP contribution is -2.15. The number of rotatable bonds is 2. The second-order valence-electron chi connectivity index (χ2n) is 10.4. The van der Waals surface area contributed by atoms with Gasteiger partial charge in [-0.2, -0.15) is 10.5 Å². The van der Waals surface area contributed by atoms with Gasteiger partial charge in [-0.1, -0.05) is 86.6 Å². The molecule has 0 aliphatic heterocycles. The van der Waals surface area contributed by atoms with Gasteiger partial charge in [-0.3, -0.25) is 0 Å². The molecule has 1 aromatic heterocycles. The Balaban J connectivity index is 1.60. The van der Waals surface area contributed by atoms with Gasteiger partial charge in [0.25, 0.3) is 0 Å². The van der Waals surface area contributed by atoms with Crippen LogP contribution in [-0.2, 0) is 5.41 Å². The summed E-state index contributed by atoms with van der Waals surface area (Å²) in [7, 11) is 0. The van der Waals surface area contributed by atoms with E-state index in [0.717, 1.165) is 33.1 Å². The van der Waals surface area contributed by atoms with E-state index in [1.54, 1.807) is 18.2 Å². The van der Waals surface area contributed by atoms with Gasteiger partial charge < -0.3 is 4.57 Å². The van der Waals surface area contributed by atoms with Gasteiger partial charge in [0.05, 0.1) is 34.3 Å². The molecule has 6 aromatic rings. The summed E-state index contributed by atoms with van der Waals surface area (Å²) in [6, 6.07) is 40.0. The lowest BCUT2D eigenvalue weighted by Gasteiger charge is -2.22. The van der Waals surface area contributed by atoms with Crippen LogP contribution in [0.4, 0.5) is 0 Å². The van der Waals surface area contributed by atoms with Gasteiger partial charge in [-0.25, -0.2) is 0 Å². The van der Waals surface area contributed by atoms with E-state index in [4.69, 9.17) is 0 Å². The van der Waals surface area contributed by atoms with Gasteiger partial charge >= 0.3 is 0 Å². The van der Waals surface area contributed by atoms with Crippen LogP contribution in [0.2, 0.25) is 0 Å². The normalized spacial score (nSPS) is 13.2. The second-order valence-corrected chi connectivity index (χ2v) is 10.4. The van der Waals surface area contributed by atoms with E-state index in [0.29, 0.717) is 16.7 Å². The van der Waals surface area contributed by atoms with Crippen LogP contribution in [0.5, 0.6) is 0 Å². The highest BCUT2D eigenvalue weighted by atomic mass is 15.0. The molecule has 38 heavy (non-hydrogen) atoms. The van der Waals surface area contributed by atoms with Crippen molar-refractivity contribution in [3.63, 3.8) is 0 Å². The Morgan fingerprint density at radius 3 is 2.03 bits per heavy atom. The molecular formula is C35H23N3. The summed E-state index contributed by atoms with van der Waals surface area (Å²) in [6.07, 6.45) is 0. The fraction of sp³-hybridized carbons (Fsp3) is 0.0857. The molecule has 5 aromatic carbocycles. The first-order valence-corrected chi connectivity index (χ1v) is 12.7. The zero-order valence-electron chi connectivity index (χ0n) is 21.2. The Morgan fingerprint density at radius 2 is 1.24 bits per heavy atom. The predicted octanol–water partition coefficient (Wildman–Crippen LogP) is 8.50. The molecule has 1 heterocycles. The third-order valence-corrected chi connectivity index (χ3v) is 8.09. The molecule has 0 radical (unpaired) electrons. The van der Waals surface area contributed by atoms with E-state index in [9.17, 15) is 10.5 Å². The summed E-state index contributed by atoms with van der Waals surface area (Å²) in [5.41, 5.74) is 10.8. The van der Waals surface area contributed by atoms with Crippen molar-refractivity contribution in [2.75, 3.05) is 0 Å². The fourth-order valence-electron chi connectivity index (χ4n) is 6.35. The molecular weight excluding hydrogens is 462 g/mol. The van der Waals surface area contributed by atoms with Crippen LogP contribution in [0.3, 0.4) is 0 Å². The van der Waals surface area contributed by atoms with E-state index in [1.165, 1.54) is 22.3 Å². The van der Waals surface area contributed by atoms with E-state index >= 15 is 0 Å². The Kier molecular flexibility index (Phi) is 4.62. The summed E-state index contributed by atoms with van der Waals surface area (Å²) in [4.78, 5) is 0. The van der Waals surface area contributed by atoms with Gasteiger partial charge in [0.15, 0.2) is 0 Å². The van der Waals surface area contributed by atoms with Crippen molar-refractivity contribution in [2.45, 2.75) is 19.3 Å². The lowest BCUT2D eigenvalue weighted by molar-refractivity contribution is 0.660. The van der Waals surface area contributed by atoms with Crippen LogP contribution in [0.15, 0.2) is 103 Å². The maximum atomic E-state index is 9.98. The Labute approximate surface area is 221 Å². The summed E-state index contributed by atoms with van der Waals surface area (Å²) < 4.78 is 2.30. The van der Waals surface area contributed by atoms with Gasteiger partial charge in [-0.15, -0.1) is 0 Å². The SMILES string of the molecule is CC1(C)c2ccccc2-c2ccc(-n3c4ccccc4c4cccc(-c5c(C#N)cccc5C#N)c43)cc21. The van der Waals surface area contributed by atoms with Gasteiger partial charge in [0, 0.05) is 33.0 Å². The Hall–Kier alpha value is -5.12. The highest BCUT2D eigenvalue weighted by Gasteiger charge is 2.35. The molecule has 0 atom stereocenters. The monoisotopic (exact) mass is 485 g/mol. The minimum absolute atomic E-state index is 0.120. The molecule has 178 valence electrons. The third-order valence-electron chi connectivity index (χ3n) is 8.09. The minimum atomic E-state index is -0.120. The summed E-state index contributed by atoms with van der Waals surface area (Å²) in [5.74, 6) is 0. The minimum Gasteiger partial charge on any atom is -0.309 e. The highest BCUT2D eigenvalue weighted by Crippen LogP contribution is 2.49. The van der Waals surface area contributed by atoms with Crippen LogP contribution in [0.1, 0.15) is 36.1 Å². The average molecular weight is 486 g/mol. The van der Waals surface area contributed by atoms with Crippen molar-refractivity contribution in [3.05, 3.63) is 125 Å². The number of nitriles is 2. The lowest BCUT2D eigenvalue weighted by atomic mass is 9.82. The predicted molar refractivity (Wildman–Crippen MR) is 153 cm³/mol. The number of nitrogens with zero attached hydrogens (tertiary/aromatic N) is 3. The summed E-state index contributed by atoms with van der Waals surface area (Å²) in [6.45, 7) is 4.59. The van der Waals surface area contributed by atoms with Crippen LogP contribution in [0, 0.1) is 22.7 Å². The molecule has 0 amide bonds. The van der Waals surface area contributed by atoms with Crippen LogP contribution in [0.25, 0.3) is 49.7 Å². The van der Waals surface area contributed by atoms with E-state index in [-0.39, 0.29) is 5.41 Å². The summed E-state index contributed by atoms with van der Waals surface area (Å²) >= 11 is 0. The number of para-hydroxylation sites is 2. The van der Waals surface area contributed by atoms with Crippen LogP contribution < -0.4 is 0 Å². The van der Waals surface area contributed by atoms with E-state index in [2.05, 4.69) is 103 Å². The number of fused-ring (bicyclic) bond motifs is 6. The van der Waals surface area contributed by atoms with Crippen molar-refractivity contribution in [1.29, 1.82) is 10.5 Å². The van der Waals surface area contributed by atoms with Gasteiger partial charge in [-0.05, 0) is 52.6 Å². The molecule has 0 saturated carbocycles. The quantitative estimate of drug-likeness (QED) is 0.247. The molecule has 0 saturated heterocycles. The Bertz CT molecular complexity index is 1990. The zero-order chi connectivity index (χ0) is 26.0. The number of hydrogen-bond acceptors (Lipinski definition) is 2. The van der Waals surface area contributed by atoms with Crippen molar-refractivity contribution in [3.8, 4) is 40.1 Å². The van der Waals surface area contributed by atoms with Gasteiger partial charge in [0.2, 0.25) is 0 Å². The van der Waals surface area contributed by atoms with Crippen molar-refractivity contribution >= 4 is 21.8 Å². The molecule has 0 fully saturated rings. The van der Waals surface area contributed by atoms with Gasteiger partial charge in [0.1, 0.15) is 0 Å². The van der Waals surface area contributed by atoms with E-state index < -0.39 is 0 Å². The van der Waals surface area contributed by atoms with Crippen molar-refractivity contribution in [2.24, 2.45) is 0 Å². The molecule has 0 unspecified atom stereocenters. The maximum Gasteiger partial charge on any atom is 0.0998 e. The topological polar surface area (TPSA) is 52.5 Å². The average Bonchev–Trinajstić information content (AvgIpc) is 3.42. The van der Waals surface area contributed by atoms with Crippen LogP contribution >= 0.6 is 0 Å².